The quantitative estimate of drug-likeness (QED) is 0.861. The SMILES string of the molecule is O=C(O)CC(c1ccc(OC2CC2)c(Br)c1)C1CC1. The number of hydrogen-bond acceptors (Lipinski definition) is 2. The number of hydrogen-bond donors (Lipinski definition) is 1. The summed E-state index contributed by atoms with van der Waals surface area (Å²) in [5.41, 5.74) is 1.11. The Balaban J connectivity index is 1.78. The summed E-state index contributed by atoms with van der Waals surface area (Å²) >= 11 is 3.54. The minimum absolute atomic E-state index is 0.142. The molecule has 2 aliphatic carbocycles. The first-order chi connectivity index (χ1) is 9.13. The predicted molar refractivity (Wildman–Crippen MR) is 75.5 cm³/mol. The molecule has 4 heteroatoms. The van der Waals surface area contributed by atoms with Crippen LogP contribution >= 0.6 is 15.9 Å². The van der Waals surface area contributed by atoms with Crippen LogP contribution in [0, 0.1) is 5.92 Å². The van der Waals surface area contributed by atoms with Crippen molar-refractivity contribution in [2.24, 2.45) is 5.92 Å². The second-order valence-electron chi connectivity index (χ2n) is 5.55. The normalized spacial score (nSPS) is 20.1. The molecule has 0 radical (unpaired) electrons. The molecule has 1 N–H and O–H groups in total. The molecule has 1 unspecified atom stereocenters. The zero-order valence-corrected chi connectivity index (χ0v) is 12.2. The molecule has 2 saturated carbocycles. The van der Waals surface area contributed by atoms with Crippen LogP contribution in [0.3, 0.4) is 0 Å². The number of aliphatic carboxylic acids is 1. The summed E-state index contributed by atoms with van der Waals surface area (Å²) in [6, 6.07) is 6.02. The van der Waals surface area contributed by atoms with Gasteiger partial charge in [0.1, 0.15) is 5.75 Å². The molecule has 1 atom stereocenters. The van der Waals surface area contributed by atoms with E-state index in [2.05, 4.69) is 15.9 Å². The molecule has 3 nitrogen and oxygen atoms in total. The van der Waals surface area contributed by atoms with E-state index in [-0.39, 0.29) is 12.3 Å². The van der Waals surface area contributed by atoms with Gasteiger partial charge in [-0.25, -0.2) is 0 Å². The minimum atomic E-state index is -0.716. The smallest absolute Gasteiger partial charge is 0.303 e. The van der Waals surface area contributed by atoms with E-state index in [0.717, 1.165) is 41.5 Å². The third-order valence-electron chi connectivity index (χ3n) is 3.79. The average molecular weight is 325 g/mol. The first-order valence-corrected chi connectivity index (χ1v) is 7.60. The van der Waals surface area contributed by atoms with E-state index in [1.165, 1.54) is 0 Å². The maximum Gasteiger partial charge on any atom is 0.303 e. The van der Waals surface area contributed by atoms with Crippen molar-refractivity contribution in [3.63, 3.8) is 0 Å². The number of halogens is 1. The van der Waals surface area contributed by atoms with E-state index in [0.29, 0.717) is 12.0 Å². The third-order valence-corrected chi connectivity index (χ3v) is 4.41. The highest BCUT2D eigenvalue weighted by Gasteiger charge is 2.34. The molecule has 0 amide bonds. The lowest BCUT2D eigenvalue weighted by Crippen LogP contribution is -2.08. The van der Waals surface area contributed by atoms with Crippen LogP contribution in [-0.4, -0.2) is 17.2 Å². The van der Waals surface area contributed by atoms with Crippen molar-refractivity contribution in [3.8, 4) is 5.75 Å². The molecule has 0 heterocycles. The lowest BCUT2D eigenvalue weighted by atomic mass is 9.91. The highest BCUT2D eigenvalue weighted by Crippen LogP contribution is 2.46. The fourth-order valence-electron chi connectivity index (χ4n) is 2.45. The lowest BCUT2D eigenvalue weighted by molar-refractivity contribution is -0.137. The van der Waals surface area contributed by atoms with Gasteiger partial charge in [-0.3, -0.25) is 4.79 Å². The zero-order valence-electron chi connectivity index (χ0n) is 10.6. The Kier molecular flexibility index (Phi) is 3.52. The van der Waals surface area contributed by atoms with Crippen molar-refractivity contribution < 1.29 is 14.6 Å². The van der Waals surface area contributed by atoms with Gasteiger partial charge in [0.05, 0.1) is 17.0 Å². The number of carboxylic acid groups (broad SMARTS) is 1. The van der Waals surface area contributed by atoms with Crippen LogP contribution in [0.2, 0.25) is 0 Å². The van der Waals surface area contributed by atoms with E-state index >= 15 is 0 Å². The third kappa shape index (κ3) is 3.30. The molecule has 0 aliphatic heterocycles. The van der Waals surface area contributed by atoms with Gasteiger partial charge in [-0.15, -0.1) is 0 Å². The fraction of sp³-hybridized carbons (Fsp3) is 0.533. The van der Waals surface area contributed by atoms with Gasteiger partial charge >= 0.3 is 5.97 Å². The number of carboxylic acids is 1. The molecular weight excluding hydrogens is 308 g/mol. The molecule has 19 heavy (non-hydrogen) atoms. The average Bonchev–Trinajstić information content (AvgIpc) is 3.23. The van der Waals surface area contributed by atoms with E-state index < -0.39 is 5.97 Å². The Labute approximate surface area is 121 Å². The van der Waals surface area contributed by atoms with E-state index in [1.54, 1.807) is 0 Å². The molecule has 1 aromatic carbocycles. The molecule has 0 aromatic heterocycles. The number of carbonyl (C=O) groups is 1. The van der Waals surface area contributed by atoms with Gasteiger partial charge in [0.2, 0.25) is 0 Å². The molecule has 1 aromatic rings. The molecule has 2 fully saturated rings. The van der Waals surface area contributed by atoms with Crippen LogP contribution in [0.4, 0.5) is 0 Å². The summed E-state index contributed by atoms with van der Waals surface area (Å²) in [6.45, 7) is 0. The van der Waals surface area contributed by atoms with Gasteiger partial charge < -0.3 is 9.84 Å². The van der Waals surface area contributed by atoms with Gasteiger partial charge in [0, 0.05) is 0 Å². The van der Waals surface area contributed by atoms with E-state index in [4.69, 9.17) is 9.84 Å². The van der Waals surface area contributed by atoms with Crippen molar-refractivity contribution in [3.05, 3.63) is 28.2 Å². The van der Waals surface area contributed by atoms with Crippen LogP contribution in [-0.2, 0) is 4.79 Å². The largest absolute Gasteiger partial charge is 0.489 e. The molecule has 0 saturated heterocycles. The Hall–Kier alpha value is -1.03. The van der Waals surface area contributed by atoms with Crippen molar-refractivity contribution in [1.82, 2.24) is 0 Å². The first-order valence-electron chi connectivity index (χ1n) is 6.81. The molecule has 2 aliphatic rings. The highest BCUT2D eigenvalue weighted by atomic mass is 79.9. The minimum Gasteiger partial charge on any atom is -0.489 e. The van der Waals surface area contributed by atoms with Crippen LogP contribution < -0.4 is 4.74 Å². The van der Waals surface area contributed by atoms with E-state index in [1.807, 2.05) is 18.2 Å². The maximum atomic E-state index is 11.0. The van der Waals surface area contributed by atoms with Gasteiger partial charge in [0.15, 0.2) is 0 Å². The Morgan fingerprint density at radius 3 is 2.63 bits per heavy atom. The Morgan fingerprint density at radius 1 is 1.37 bits per heavy atom. The van der Waals surface area contributed by atoms with Gasteiger partial charge in [-0.1, -0.05) is 6.07 Å². The number of benzene rings is 1. The maximum absolute atomic E-state index is 11.0. The molecule has 3 rings (SSSR count). The topological polar surface area (TPSA) is 46.5 Å². The van der Waals surface area contributed by atoms with Gasteiger partial charge in [-0.05, 0) is 71.1 Å². The molecule has 0 bridgehead atoms. The summed E-state index contributed by atoms with van der Waals surface area (Å²) in [5, 5.41) is 9.04. The van der Waals surface area contributed by atoms with Gasteiger partial charge in [0.25, 0.3) is 0 Å². The number of rotatable bonds is 6. The molecule has 0 spiro atoms. The monoisotopic (exact) mass is 324 g/mol. The number of ether oxygens (including phenoxy) is 1. The summed E-state index contributed by atoms with van der Waals surface area (Å²) in [5.74, 6) is 0.837. The highest BCUT2D eigenvalue weighted by molar-refractivity contribution is 9.10. The predicted octanol–water partition coefficient (Wildman–Crippen LogP) is 3.96. The standard InChI is InChI=1S/C15H17BrO3/c16-13-7-10(3-6-14(13)19-11-4-5-11)12(8-15(17)18)9-1-2-9/h3,6-7,9,11-12H,1-2,4-5,8H2,(H,17,18). The van der Waals surface area contributed by atoms with E-state index in [9.17, 15) is 4.79 Å². The van der Waals surface area contributed by atoms with Crippen LogP contribution in [0.1, 0.15) is 43.6 Å². The van der Waals surface area contributed by atoms with Crippen LogP contribution in [0.15, 0.2) is 22.7 Å². The summed E-state index contributed by atoms with van der Waals surface area (Å²) in [4.78, 5) is 11.0. The summed E-state index contributed by atoms with van der Waals surface area (Å²) in [7, 11) is 0. The summed E-state index contributed by atoms with van der Waals surface area (Å²) < 4.78 is 6.72. The van der Waals surface area contributed by atoms with Crippen molar-refractivity contribution >= 4 is 21.9 Å². The molecule has 102 valence electrons. The zero-order chi connectivity index (χ0) is 13.4. The molecular formula is C15H17BrO3. The van der Waals surface area contributed by atoms with Crippen molar-refractivity contribution in [1.29, 1.82) is 0 Å². The first kappa shape index (κ1) is 13.0. The van der Waals surface area contributed by atoms with Crippen LogP contribution in [0.5, 0.6) is 5.75 Å². The fourth-order valence-corrected chi connectivity index (χ4v) is 2.94. The van der Waals surface area contributed by atoms with Gasteiger partial charge in [-0.2, -0.15) is 0 Å². The lowest BCUT2D eigenvalue weighted by Gasteiger charge is -2.16. The second-order valence-corrected chi connectivity index (χ2v) is 6.40. The van der Waals surface area contributed by atoms with Crippen LogP contribution in [0.25, 0.3) is 0 Å². The van der Waals surface area contributed by atoms with Crippen molar-refractivity contribution in [2.75, 3.05) is 0 Å². The van der Waals surface area contributed by atoms with Crippen molar-refractivity contribution in [2.45, 2.75) is 44.1 Å². The summed E-state index contributed by atoms with van der Waals surface area (Å²) in [6.07, 6.45) is 5.17. The Bertz CT molecular complexity index is 492. The second kappa shape index (κ2) is 5.16. The Morgan fingerprint density at radius 2 is 2.11 bits per heavy atom.